The van der Waals surface area contributed by atoms with Crippen LogP contribution in [0.4, 0.5) is 0 Å². The summed E-state index contributed by atoms with van der Waals surface area (Å²) in [6.45, 7) is 10.7. The van der Waals surface area contributed by atoms with Gasteiger partial charge in [0.25, 0.3) is 0 Å². The van der Waals surface area contributed by atoms with Gasteiger partial charge in [0.2, 0.25) is 0 Å². The highest BCUT2D eigenvalue weighted by molar-refractivity contribution is 6.59. The fourth-order valence-electron chi connectivity index (χ4n) is 1.83. The molecule has 0 aromatic heterocycles. The first-order valence-corrected chi connectivity index (χ1v) is 10.8. The van der Waals surface area contributed by atoms with Gasteiger partial charge in [-0.15, -0.1) is 0 Å². The largest absolute Gasteiger partial charge is 0.493 e. The molecule has 0 unspecified atom stereocenters. The molecule has 2 nitrogen and oxygen atoms in total. The van der Waals surface area contributed by atoms with Gasteiger partial charge in [0.15, 0.2) is 0 Å². The molecular weight excluding hydrogens is 288 g/mol. The highest BCUT2D eigenvalue weighted by Crippen LogP contribution is 2.30. The van der Waals surface area contributed by atoms with E-state index in [0.717, 1.165) is 18.1 Å². The van der Waals surface area contributed by atoms with Crippen molar-refractivity contribution in [3.05, 3.63) is 60.2 Å². The fourth-order valence-corrected chi connectivity index (χ4v) is 2.25. The predicted molar refractivity (Wildman–Crippen MR) is 95.6 cm³/mol. The maximum atomic E-state index is 5.98. The van der Waals surface area contributed by atoms with Crippen LogP contribution in [-0.4, -0.2) is 15.4 Å². The first-order valence-electron chi connectivity index (χ1n) is 7.87. The Labute approximate surface area is 135 Å². The average Bonchev–Trinajstić information content (AvgIpc) is 2.52. The average molecular weight is 315 g/mol. The van der Waals surface area contributed by atoms with Gasteiger partial charge in [-0.3, -0.25) is 0 Å². The summed E-state index contributed by atoms with van der Waals surface area (Å²) in [4.78, 5) is 0. The summed E-state index contributed by atoms with van der Waals surface area (Å²) in [7, 11) is -0.744. The molecular formula is C19H26O2Si. The van der Waals surface area contributed by atoms with Crippen LogP contribution in [0.15, 0.2) is 54.6 Å². The summed E-state index contributed by atoms with van der Waals surface area (Å²) in [6.07, 6.45) is 0. The second kappa shape index (κ2) is 7.50. The standard InChI is InChI=1S/C19H26O2Si/c1-19(2,22(3)4)15-21-18-12-8-11-17(13-18)20-14-16-9-6-5-7-10-16/h5-13,22H,14-15H2,1-4H3. The van der Waals surface area contributed by atoms with E-state index in [1.165, 1.54) is 5.56 Å². The second-order valence-electron chi connectivity index (χ2n) is 6.68. The second-order valence-corrected chi connectivity index (χ2v) is 10.6. The molecule has 0 aliphatic rings. The van der Waals surface area contributed by atoms with Crippen molar-refractivity contribution in [1.82, 2.24) is 0 Å². The lowest BCUT2D eigenvalue weighted by atomic mass is 10.2. The Bertz CT molecular complexity index is 579. The van der Waals surface area contributed by atoms with Crippen LogP contribution in [0.1, 0.15) is 19.4 Å². The van der Waals surface area contributed by atoms with E-state index < -0.39 is 8.80 Å². The highest BCUT2D eigenvalue weighted by Gasteiger charge is 2.24. The minimum absolute atomic E-state index is 0.293. The summed E-state index contributed by atoms with van der Waals surface area (Å²) in [6, 6.07) is 18.1. The third-order valence-corrected chi connectivity index (χ3v) is 7.52. The lowest BCUT2D eigenvalue weighted by Crippen LogP contribution is -2.27. The van der Waals surface area contributed by atoms with E-state index >= 15 is 0 Å². The van der Waals surface area contributed by atoms with Crippen LogP contribution in [0.5, 0.6) is 11.5 Å². The van der Waals surface area contributed by atoms with Crippen LogP contribution < -0.4 is 9.47 Å². The van der Waals surface area contributed by atoms with Crippen molar-refractivity contribution in [2.45, 2.75) is 38.6 Å². The van der Waals surface area contributed by atoms with Crippen molar-refractivity contribution in [3.8, 4) is 11.5 Å². The van der Waals surface area contributed by atoms with E-state index in [1.807, 2.05) is 42.5 Å². The zero-order chi connectivity index (χ0) is 16.0. The number of hydrogen-bond donors (Lipinski definition) is 0. The van der Waals surface area contributed by atoms with Gasteiger partial charge in [-0.25, -0.2) is 0 Å². The quantitative estimate of drug-likeness (QED) is 0.676. The maximum absolute atomic E-state index is 5.98. The van der Waals surface area contributed by atoms with Crippen LogP contribution >= 0.6 is 0 Å². The van der Waals surface area contributed by atoms with Crippen molar-refractivity contribution in [3.63, 3.8) is 0 Å². The van der Waals surface area contributed by atoms with Crippen molar-refractivity contribution in [1.29, 1.82) is 0 Å². The predicted octanol–water partition coefficient (Wildman–Crippen LogP) is 4.91. The Hall–Kier alpha value is -1.74. The molecule has 0 fully saturated rings. The molecule has 118 valence electrons. The van der Waals surface area contributed by atoms with Crippen molar-refractivity contribution in [2.75, 3.05) is 6.61 Å². The van der Waals surface area contributed by atoms with Crippen LogP contribution in [0, 0.1) is 0 Å². The SMILES string of the molecule is C[SiH](C)C(C)(C)COc1cccc(OCc2ccccc2)c1. The zero-order valence-electron chi connectivity index (χ0n) is 14.0. The molecule has 2 rings (SSSR count). The summed E-state index contributed by atoms with van der Waals surface area (Å²) in [5.74, 6) is 1.73. The molecule has 2 aromatic rings. The minimum Gasteiger partial charge on any atom is -0.493 e. The third-order valence-electron chi connectivity index (χ3n) is 4.23. The first-order chi connectivity index (χ1) is 10.5. The third kappa shape index (κ3) is 4.92. The van der Waals surface area contributed by atoms with Gasteiger partial charge in [0.1, 0.15) is 18.1 Å². The first kappa shape index (κ1) is 16.6. The van der Waals surface area contributed by atoms with Gasteiger partial charge >= 0.3 is 0 Å². The van der Waals surface area contributed by atoms with Gasteiger partial charge in [-0.2, -0.15) is 0 Å². The normalized spacial score (nSPS) is 11.5. The maximum Gasteiger partial charge on any atom is 0.123 e. The summed E-state index contributed by atoms with van der Waals surface area (Å²) < 4.78 is 11.8. The van der Waals surface area contributed by atoms with E-state index in [2.05, 4.69) is 39.1 Å². The molecule has 3 heteroatoms. The molecule has 2 aromatic carbocycles. The van der Waals surface area contributed by atoms with E-state index in [1.54, 1.807) is 0 Å². The molecule has 0 atom stereocenters. The monoisotopic (exact) mass is 314 g/mol. The summed E-state index contributed by atoms with van der Waals surface area (Å²) in [5, 5.41) is 0.293. The Morgan fingerprint density at radius 2 is 1.50 bits per heavy atom. The van der Waals surface area contributed by atoms with Crippen molar-refractivity contribution < 1.29 is 9.47 Å². The number of hydrogen-bond acceptors (Lipinski definition) is 2. The molecule has 0 amide bonds. The molecule has 0 bridgehead atoms. The molecule has 0 spiro atoms. The minimum atomic E-state index is -0.744. The van der Waals surface area contributed by atoms with Gasteiger partial charge in [0, 0.05) is 14.9 Å². The Kier molecular flexibility index (Phi) is 5.67. The molecule has 0 saturated heterocycles. The topological polar surface area (TPSA) is 18.5 Å². The lowest BCUT2D eigenvalue weighted by molar-refractivity contribution is 0.270. The van der Waals surface area contributed by atoms with Gasteiger partial charge in [-0.1, -0.05) is 63.3 Å². The van der Waals surface area contributed by atoms with Crippen LogP contribution in [0.25, 0.3) is 0 Å². The lowest BCUT2D eigenvalue weighted by Gasteiger charge is -2.28. The van der Waals surface area contributed by atoms with E-state index in [4.69, 9.17) is 9.47 Å². The molecule has 0 heterocycles. The number of ether oxygens (including phenoxy) is 2. The number of benzene rings is 2. The van der Waals surface area contributed by atoms with Gasteiger partial charge < -0.3 is 9.47 Å². The van der Waals surface area contributed by atoms with Crippen molar-refractivity contribution in [2.24, 2.45) is 0 Å². The molecule has 0 saturated carbocycles. The van der Waals surface area contributed by atoms with E-state index in [-0.39, 0.29) is 0 Å². The molecule has 0 aliphatic carbocycles. The van der Waals surface area contributed by atoms with E-state index in [9.17, 15) is 0 Å². The smallest absolute Gasteiger partial charge is 0.123 e. The molecule has 22 heavy (non-hydrogen) atoms. The Morgan fingerprint density at radius 1 is 0.864 bits per heavy atom. The summed E-state index contributed by atoms with van der Waals surface area (Å²) in [5.41, 5.74) is 1.17. The van der Waals surface area contributed by atoms with Crippen LogP contribution in [-0.2, 0) is 6.61 Å². The van der Waals surface area contributed by atoms with Crippen LogP contribution in [0.2, 0.25) is 18.1 Å². The highest BCUT2D eigenvalue weighted by atomic mass is 28.3. The Morgan fingerprint density at radius 3 is 2.14 bits per heavy atom. The fraction of sp³-hybridized carbons (Fsp3) is 0.368. The van der Waals surface area contributed by atoms with E-state index in [0.29, 0.717) is 11.6 Å². The molecule has 0 radical (unpaired) electrons. The zero-order valence-corrected chi connectivity index (χ0v) is 15.2. The van der Waals surface area contributed by atoms with Crippen LogP contribution in [0.3, 0.4) is 0 Å². The molecule has 0 N–H and O–H groups in total. The number of rotatable bonds is 7. The Balaban J connectivity index is 1.92. The van der Waals surface area contributed by atoms with Gasteiger partial charge in [0.05, 0.1) is 6.61 Å². The summed E-state index contributed by atoms with van der Waals surface area (Å²) >= 11 is 0. The van der Waals surface area contributed by atoms with Crippen molar-refractivity contribution >= 4 is 8.80 Å². The van der Waals surface area contributed by atoms with Gasteiger partial charge in [-0.05, 0) is 22.7 Å². The molecule has 0 aliphatic heterocycles.